The van der Waals surface area contributed by atoms with Gasteiger partial charge < -0.3 is 9.80 Å². The molecule has 15 rings (SSSR count). The molecule has 0 atom stereocenters. The normalized spacial score (nSPS) is 16.2. The van der Waals surface area contributed by atoms with E-state index in [-0.39, 0.29) is 5.41 Å². The van der Waals surface area contributed by atoms with Crippen LogP contribution in [0.25, 0.3) is 77.2 Å². The highest BCUT2D eigenvalue weighted by molar-refractivity contribution is 6.21. The summed E-state index contributed by atoms with van der Waals surface area (Å²) in [5.41, 5.74) is 23.9. The van der Waals surface area contributed by atoms with Crippen LogP contribution in [0.1, 0.15) is 75.3 Å². The lowest BCUT2D eigenvalue weighted by Gasteiger charge is -2.49. The lowest BCUT2D eigenvalue weighted by atomic mass is 9.54. The Kier molecular flexibility index (Phi) is 9.38. The Morgan fingerprint density at radius 3 is 1.13 bits per heavy atom. The van der Waals surface area contributed by atoms with Crippen molar-refractivity contribution in [2.24, 2.45) is 11.8 Å². The number of anilines is 6. The molecule has 71 heavy (non-hydrogen) atoms. The molecule has 0 N–H and O–H groups in total. The summed E-state index contributed by atoms with van der Waals surface area (Å²) in [5.74, 6) is 1.11. The maximum absolute atomic E-state index is 2.70. The average molecular weight is 913 g/mol. The van der Waals surface area contributed by atoms with Crippen molar-refractivity contribution >= 4 is 55.7 Å². The van der Waals surface area contributed by atoms with Gasteiger partial charge in [0.2, 0.25) is 0 Å². The van der Waals surface area contributed by atoms with Crippen LogP contribution in [0.4, 0.5) is 34.1 Å². The van der Waals surface area contributed by atoms with Crippen molar-refractivity contribution in [3.05, 3.63) is 217 Å². The van der Waals surface area contributed by atoms with Crippen molar-refractivity contribution in [1.82, 2.24) is 0 Å². The van der Waals surface area contributed by atoms with Gasteiger partial charge >= 0.3 is 0 Å². The van der Waals surface area contributed by atoms with E-state index in [1.807, 2.05) is 0 Å². The maximum Gasteiger partial charge on any atom is 0.0546 e. The van der Waals surface area contributed by atoms with Crippen molar-refractivity contribution in [2.75, 3.05) is 9.80 Å². The summed E-state index contributed by atoms with van der Waals surface area (Å²) >= 11 is 0. The summed E-state index contributed by atoms with van der Waals surface area (Å²) < 4.78 is 0. The second-order valence-corrected chi connectivity index (χ2v) is 21.2. The molecule has 0 unspecified atom stereocenters. The molecule has 0 saturated heterocycles. The highest BCUT2D eigenvalue weighted by Gasteiger charge is 2.54. The molecule has 10 aromatic rings. The van der Waals surface area contributed by atoms with Gasteiger partial charge in [0.15, 0.2) is 0 Å². The number of fused-ring (bicyclic) bond motifs is 9. The van der Waals surface area contributed by atoms with Crippen LogP contribution in [0.5, 0.6) is 0 Å². The lowest BCUT2D eigenvalue weighted by Crippen LogP contribution is -2.44. The van der Waals surface area contributed by atoms with Crippen molar-refractivity contribution < 1.29 is 0 Å². The summed E-state index contributed by atoms with van der Waals surface area (Å²) in [4.78, 5) is 5.20. The monoisotopic (exact) mass is 912 g/mol. The van der Waals surface area contributed by atoms with Crippen LogP contribution in [0.15, 0.2) is 206 Å². The second kappa shape index (κ2) is 16.2. The van der Waals surface area contributed by atoms with Gasteiger partial charge in [0.25, 0.3) is 0 Å². The SMILES string of the molecule is c1ccc(N(c2ccc3c(c2)C(C2CCCCC2)(C2CCCCC2)c2cc(N(c4ccccc4)c4ccc5cccc6c5c4-c4ccccc4-6)ccc2-3)c2ccc3cccc4c3c2-c2ccccc2-4)cc1. The van der Waals surface area contributed by atoms with E-state index < -0.39 is 0 Å². The average Bonchev–Trinajstić information content (AvgIpc) is 4.07. The third kappa shape index (κ3) is 6.01. The van der Waals surface area contributed by atoms with E-state index in [9.17, 15) is 0 Å². The van der Waals surface area contributed by atoms with Crippen LogP contribution in [-0.2, 0) is 5.41 Å². The van der Waals surface area contributed by atoms with Gasteiger partial charge in [-0.25, -0.2) is 0 Å². The molecule has 10 aromatic carbocycles. The van der Waals surface area contributed by atoms with E-state index in [1.165, 1.54) is 176 Å². The molecule has 0 bridgehead atoms. The topological polar surface area (TPSA) is 6.48 Å². The molecular formula is C69H56N2. The largest absolute Gasteiger partial charge is 0.310 e. The fraction of sp³-hybridized carbons (Fsp3) is 0.188. The number of para-hydroxylation sites is 2. The fourth-order valence-corrected chi connectivity index (χ4v) is 15.0. The highest BCUT2D eigenvalue weighted by atomic mass is 15.2. The first-order chi connectivity index (χ1) is 35.3. The van der Waals surface area contributed by atoms with E-state index in [0.717, 1.165) is 0 Å². The zero-order valence-electron chi connectivity index (χ0n) is 40.3. The highest BCUT2D eigenvalue weighted by Crippen LogP contribution is 2.64. The number of hydrogen-bond donors (Lipinski definition) is 0. The zero-order chi connectivity index (χ0) is 46.6. The fourth-order valence-electron chi connectivity index (χ4n) is 15.0. The summed E-state index contributed by atoms with van der Waals surface area (Å²) in [7, 11) is 0. The Hall–Kier alpha value is -7.68. The first-order valence-corrected chi connectivity index (χ1v) is 26.6. The van der Waals surface area contributed by atoms with Gasteiger partial charge in [-0.2, -0.15) is 0 Å². The van der Waals surface area contributed by atoms with Gasteiger partial charge in [0, 0.05) is 39.3 Å². The molecule has 2 saturated carbocycles. The quantitative estimate of drug-likeness (QED) is 0.150. The first kappa shape index (κ1) is 41.1. The minimum Gasteiger partial charge on any atom is -0.310 e. The molecule has 2 nitrogen and oxygen atoms in total. The third-order valence-corrected chi connectivity index (χ3v) is 17.7. The van der Waals surface area contributed by atoms with Gasteiger partial charge in [0.1, 0.15) is 0 Å². The number of nitrogens with zero attached hydrogens (tertiary/aromatic N) is 2. The Bertz CT molecular complexity index is 3490. The second-order valence-electron chi connectivity index (χ2n) is 21.2. The van der Waals surface area contributed by atoms with Crippen LogP contribution >= 0.6 is 0 Å². The Morgan fingerprint density at radius 1 is 0.296 bits per heavy atom. The molecule has 2 fully saturated rings. The minimum atomic E-state index is -0.123. The summed E-state index contributed by atoms with van der Waals surface area (Å²) in [6.45, 7) is 0. The van der Waals surface area contributed by atoms with E-state index >= 15 is 0 Å². The predicted octanol–water partition coefficient (Wildman–Crippen LogP) is 19.7. The molecule has 0 aliphatic heterocycles. The summed E-state index contributed by atoms with van der Waals surface area (Å²) in [5, 5.41) is 5.32. The molecule has 0 spiro atoms. The van der Waals surface area contributed by atoms with E-state index in [4.69, 9.17) is 0 Å². The molecule has 0 heterocycles. The van der Waals surface area contributed by atoms with Crippen molar-refractivity contribution in [2.45, 2.75) is 69.6 Å². The molecule has 342 valence electrons. The summed E-state index contributed by atoms with van der Waals surface area (Å²) in [6.07, 6.45) is 13.0. The standard InChI is InChI=1S/C69H56N2/c1-5-21-47(22-6-1)69(48-23-7-2-8-24-48)61-43-51(70(49-25-9-3-10-26-49)63-41-35-45-19-17-33-57-53-29-13-15-31-59(53)67(63)65(45)57)37-39-55(61)56-40-38-52(44-62(56)69)71(50-27-11-4-12-28-50)64-42-36-46-20-18-34-58-54-30-14-16-32-60(54)68(64)66(46)58/h3-4,9-20,25-44,47-48H,1-2,5-8,21-24H2. The lowest BCUT2D eigenvalue weighted by molar-refractivity contribution is 0.137. The Balaban J connectivity index is 0.973. The minimum absolute atomic E-state index is 0.123. The smallest absolute Gasteiger partial charge is 0.0546 e. The molecule has 5 aliphatic rings. The van der Waals surface area contributed by atoms with Gasteiger partial charge in [-0.3, -0.25) is 0 Å². The Morgan fingerprint density at radius 2 is 0.690 bits per heavy atom. The molecule has 0 aromatic heterocycles. The van der Waals surface area contributed by atoms with E-state index in [1.54, 1.807) is 11.1 Å². The van der Waals surface area contributed by atoms with Crippen molar-refractivity contribution in [3.8, 4) is 55.6 Å². The van der Waals surface area contributed by atoms with Crippen molar-refractivity contribution in [1.29, 1.82) is 0 Å². The van der Waals surface area contributed by atoms with Gasteiger partial charge in [-0.15, -0.1) is 0 Å². The zero-order valence-corrected chi connectivity index (χ0v) is 40.3. The molecule has 0 radical (unpaired) electrons. The van der Waals surface area contributed by atoms with Crippen LogP contribution in [0.3, 0.4) is 0 Å². The van der Waals surface area contributed by atoms with E-state index in [2.05, 4.69) is 216 Å². The van der Waals surface area contributed by atoms with Crippen LogP contribution < -0.4 is 9.80 Å². The number of hydrogen-bond acceptors (Lipinski definition) is 2. The van der Waals surface area contributed by atoms with Gasteiger partial charge in [0.05, 0.1) is 11.4 Å². The van der Waals surface area contributed by atoms with Crippen LogP contribution in [0.2, 0.25) is 0 Å². The predicted molar refractivity (Wildman–Crippen MR) is 299 cm³/mol. The number of rotatable bonds is 8. The molecule has 5 aliphatic carbocycles. The number of benzene rings is 10. The Labute approximate surface area is 417 Å². The van der Waals surface area contributed by atoms with E-state index in [0.29, 0.717) is 11.8 Å². The van der Waals surface area contributed by atoms with Crippen LogP contribution in [0, 0.1) is 11.8 Å². The van der Waals surface area contributed by atoms with Gasteiger partial charge in [-0.05, 0) is 175 Å². The van der Waals surface area contributed by atoms with Crippen molar-refractivity contribution in [3.63, 3.8) is 0 Å². The maximum atomic E-state index is 2.70. The molecule has 2 heteroatoms. The van der Waals surface area contributed by atoms with Gasteiger partial charge in [-0.1, -0.05) is 184 Å². The molecule has 0 amide bonds. The molecular weight excluding hydrogens is 857 g/mol. The van der Waals surface area contributed by atoms with Crippen LogP contribution in [-0.4, -0.2) is 0 Å². The third-order valence-electron chi connectivity index (χ3n) is 17.7. The first-order valence-electron chi connectivity index (χ1n) is 26.6. The summed E-state index contributed by atoms with van der Waals surface area (Å²) in [6, 6.07) is 79.1.